The number of carbonyl (C=O) groups is 1. The van der Waals surface area contributed by atoms with Gasteiger partial charge in [-0.1, -0.05) is 59.3 Å². The van der Waals surface area contributed by atoms with Crippen LogP contribution in [0.25, 0.3) is 0 Å². The molecule has 0 amide bonds. The first-order chi connectivity index (χ1) is 24.2. The number of hydrogen-bond acceptors (Lipinski definition) is 11. The van der Waals surface area contributed by atoms with Crippen molar-refractivity contribution in [2.45, 2.75) is 124 Å². The predicted molar refractivity (Wildman–Crippen MR) is 207 cm³/mol. The zero-order chi connectivity index (χ0) is 36.4. The minimum Gasteiger partial charge on any atom is -0.379 e. The first-order valence-electron chi connectivity index (χ1n) is 19.5. The molecule has 0 unspecified atom stereocenters. The van der Waals surface area contributed by atoms with Crippen molar-refractivity contribution < 1.29 is 33.2 Å². The van der Waals surface area contributed by atoms with Crippen LogP contribution in [0.15, 0.2) is 9.98 Å². The zero-order valence-electron chi connectivity index (χ0n) is 32.3. The molecule has 11 heteroatoms. The number of unbranched alkanes of at least 4 members (excludes halogenated alkanes) is 9. The van der Waals surface area contributed by atoms with E-state index >= 15 is 0 Å². The van der Waals surface area contributed by atoms with E-state index in [4.69, 9.17) is 39.9 Å². The van der Waals surface area contributed by atoms with E-state index in [1.807, 2.05) is 0 Å². The van der Waals surface area contributed by atoms with Crippen molar-refractivity contribution in [3.05, 3.63) is 0 Å². The summed E-state index contributed by atoms with van der Waals surface area (Å²) in [4.78, 5) is 18.5. The van der Waals surface area contributed by atoms with E-state index in [-0.39, 0.29) is 0 Å². The first-order valence-corrected chi connectivity index (χ1v) is 19.5. The smallest absolute Gasteiger partial charge is 0.119 e. The third kappa shape index (κ3) is 62.3. The van der Waals surface area contributed by atoms with Gasteiger partial charge in [-0.15, -0.1) is 0 Å². The summed E-state index contributed by atoms with van der Waals surface area (Å²) in [7, 11) is 0. The Kier molecular flexibility index (Phi) is 59.6. The number of hydrogen-bond donors (Lipinski definition) is 2. The van der Waals surface area contributed by atoms with Crippen molar-refractivity contribution in [1.29, 1.82) is 0 Å². The van der Waals surface area contributed by atoms with Gasteiger partial charge in [0.2, 0.25) is 0 Å². The quantitative estimate of drug-likeness (QED) is 0.0411. The normalized spacial score (nSPS) is 11.1. The molecule has 11 nitrogen and oxygen atoms in total. The van der Waals surface area contributed by atoms with Gasteiger partial charge in [-0.2, -0.15) is 0 Å². The Bertz CT molecular complexity index is 575. The van der Waals surface area contributed by atoms with Crippen LogP contribution in [0.1, 0.15) is 124 Å². The Morgan fingerprint density at radius 3 is 1.02 bits per heavy atom. The fraction of sp³-hybridized carbons (Fsp3) is 0.921. The third-order valence-corrected chi connectivity index (χ3v) is 6.68. The molecule has 0 aliphatic heterocycles. The van der Waals surface area contributed by atoms with Crippen LogP contribution in [0, 0.1) is 0 Å². The largest absolute Gasteiger partial charge is 0.379 e. The van der Waals surface area contributed by atoms with Gasteiger partial charge in [-0.3, -0.25) is 9.98 Å². The van der Waals surface area contributed by atoms with Crippen molar-refractivity contribution in [2.75, 3.05) is 105 Å². The highest BCUT2D eigenvalue weighted by molar-refractivity contribution is 5.57. The fourth-order valence-electron chi connectivity index (χ4n) is 3.78. The van der Waals surface area contributed by atoms with Gasteiger partial charge < -0.3 is 44.7 Å². The number of aliphatic imine (C=N–C) groups is 2. The molecule has 0 radical (unpaired) electrons. The van der Waals surface area contributed by atoms with Crippen molar-refractivity contribution in [3.8, 4) is 0 Å². The molecule has 0 aliphatic carbocycles. The maximum atomic E-state index is 9.68. The zero-order valence-corrected chi connectivity index (χ0v) is 32.3. The molecule has 4 N–H and O–H groups in total. The Morgan fingerprint density at radius 1 is 0.408 bits per heavy atom. The van der Waals surface area contributed by atoms with Gasteiger partial charge in [0.15, 0.2) is 0 Å². The number of aldehydes is 1. The standard InChI is InChI=1S/C22H44N2O3.C10H24N2O3.C6H12O/c1-3-5-7-9-13-23-15-11-17-25-19-21-27-22-20-26-18-12-16-24-14-10-8-6-4-2;11-3-1-5-13-7-9-15-10-8-14-6-2-4-12;1-2-3-4-5-6-7/h13-14H,3-12,15-22H2,1-2H3;1-12H2;6H,2-5H2,1H3. The first kappa shape index (κ1) is 52.1. The molecule has 0 aromatic carbocycles. The summed E-state index contributed by atoms with van der Waals surface area (Å²) < 4.78 is 32.3. The average molecular weight is 705 g/mol. The number of ether oxygens (including phenoxy) is 6. The summed E-state index contributed by atoms with van der Waals surface area (Å²) in [5.74, 6) is 0. The van der Waals surface area contributed by atoms with Gasteiger partial charge in [0, 0.05) is 45.9 Å². The molecule has 0 aromatic rings. The molecular formula is C38H80N4O7. The Labute approximate surface area is 302 Å². The molecule has 0 aromatic heterocycles. The topological polar surface area (TPSA) is 149 Å². The van der Waals surface area contributed by atoms with Gasteiger partial charge >= 0.3 is 0 Å². The second kappa shape index (κ2) is 56.1. The van der Waals surface area contributed by atoms with Gasteiger partial charge in [0.05, 0.1) is 52.9 Å². The van der Waals surface area contributed by atoms with Gasteiger partial charge in [-0.05, 0) is 83.3 Å². The molecule has 0 aliphatic rings. The number of rotatable bonds is 38. The lowest BCUT2D eigenvalue weighted by atomic mass is 10.2. The van der Waals surface area contributed by atoms with Gasteiger partial charge in [-0.25, -0.2) is 0 Å². The van der Waals surface area contributed by atoms with Crippen molar-refractivity contribution in [2.24, 2.45) is 21.5 Å². The highest BCUT2D eigenvalue weighted by atomic mass is 16.5. The fourth-order valence-corrected chi connectivity index (χ4v) is 3.78. The van der Waals surface area contributed by atoms with Crippen LogP contribution >= 0.6 is 0 Å². The summed E-state index contributed by atoms with van der Waals surface area (Å²) in [6.07, 6.45) is 22.9. The van der Waals surface area contributed by atoms with Crippen molar-refractivity contribution in [1.82, 2.24) is 0 Å². The Balaban J connectivity index is -0.000000799. The third-order valence-electron chi connectivity index (χ3n) is 6.68. The minimum atomic E-state index is 0.616. The minimum absolute atomic E-state index is 0.616. The molecular weight excluding hydrogens is 624 g/mol. The molecule has 0 heterocycles. The second-order valence-electron chi connectivity index (χ2n) is 11.5. The van der Waals surface area contributed by atoms with Crippen molar-refractivity contribution >= 4 is 18.7 Å². The number of nitrogens with two attached hydrogens (primary N) is 2. The highest BCUT2D eigenvalue weighted by Gasteiger charge is 1.93. The van der Waals surface area contributed by atoms with Crippen LogP contribution in [-0.2, 0) is 33.2 Å². The van der Waals surface area contributed by atoms with E-state index < -0.39 is 0 Å². The molecule has 0 fully saturated rings. The monoisotopic (exact) mass is 705 g/mol. The summed E-state index contributed by atoms with van der Waals surface area (Å²) in [5.41, 5.74) is 10.6. The summed E-state index contributed by atoms with van der Waals surface area (Å²) in [5, 5.41) is 0. The predicted octanol–water partition coefficient (Wildman–Crippen LogP) is 6.62. The molecule has 49 heavy (non-hydrogen) atoms. The number of nitrogens with zero attached hydrogens (tertiary/aromatic N) is 2. The summed E-state index contributed by atoms with van der Waals surface area (Å²) in [6, 6.07) is 0. The maximum Gasteiger partial charge on any atom is 0.119 e. The van der Waals surface area contributed by atoms with Crippen LogP contribution in [0.5, 0.6) is 0 Å². The van der Waals surface area contributed by atoms with Crippen LogP contribution in [0.3, 0.4) is 0 Å². The molecule has 0 saturated carbocycles. The van der Waals surface area contributed by atoms with Crippen LogP contribution < -0.4 is 11.5 Å². The highest BCUT2D eigenvalue weighted by Crippen LogP contribution is 1.97. The van der Waals surface area contributed by atoms with Gasteiger partial charge in [0.25, 0.3) is 0 Å². The Hall–Kier alpha value is -1.31. The lowest BCUT2D eigenvalue weighted by Crippen LogP contribution is -2.12. The van der Waals surface area contributed by atoms with Crippen LogP contribution in [0.2, 0.25) is 0 Å². The molecule has 0 atom stereocenters. The van der Waals surface area contributed by atoms with E-state index in [0.29, 0.717) is 79.2 Å². The molecule has 0 spiro atoms. The summed E-state index contributed by atoms with van der Waals surface area (Å²) in [6.45, 7) is 17.6. The molecule has 0 bridgehead atoms. The van der Waals surface area contributed by atoms with Gasteiger partial charge in [0.1, 0.15) is 6.29 Å². The Morgan fingerprint density at radius 2 is 0.714 bits per heavy atom. The van der Waals surface area contributed by atoms with E-state index in [9.17, 15) is 4.79 Å². The maximum absolute atomic E-state index is 9.68. The summed E-state index contributed by atoms with van der Waals surface area (Å²) >= 11 is 0. The molecule has 0 saturated heterocycles. The molecule has 294 valence electrons. The van der Waals surface area contributed by atoms with E-state index in [1.54, 1.807) is 0 Å². The van der Waals surface area contributed by atoms with Crippen LogP contribution in [-0.4, -0.2) is 124 Å². The lowest BCUT2D eigenvalue weighted by Gasteiger charge is -2.06. The van der Waals surface area contributed by atoms with E-state index in [0.717, 1.165) is 84.0 Å². The second-order valence-corrected chi connectivity index (χ2v) is 11.5. The van der Waals surface area contributed by atoms with Crippen molar-refractivity contribution in [3.63, 3.8) is 0 Å². The molecule has 0 rings (SSSR count). The van der Waals surface area contributed by atoms with Crippen LogP contribution in [0.4, 0.5) is 0 Å². The number of carbonyl (C=O) groups excluding carboxylic acids is 1. The lowest BCUT2D eigenvalue weighted by molar-refractivity contribution is -0.107. The SMILES string of the molecule is CCCCCC=NCCCOCCOCCOCCCN=CCCCCC.CCCCCC=O.NCCCOCCOCCOCCCN. The van der Waals surface area contributed by atoms with E-state index in [2.05, 4.69) is 43.2 Å². The van der Waals surface area contributed by atoms with E-state index in [1.165, 1.54) is 51.4 Å². The average Bonchev–Trinajstić information content (AvgIpc) is 3.12.